The minimum atomic E-state index is -4.13. The topological polar surface area (TPSA) is 86.8 Å². The van der Waals surface area contributed by atoms with Crippen molar-refractivity contribution >= 4 is 55.1 Å². The van der Waals surface area contributed by atoms with Gasteiger partial charge in [0.25, 0.3) is 10.0 Å². The summed E-state index contributed by atoms with van der Waals surface area (Å²) in [7, 11) is -4.13. The molecular weight excluding hydrogens is 590 g/mol. The molecule has 1 N–H and O–H groups in total. The zero-order chi connectivity index (χ0) is 27.9. The standard InChI is InChI=1S/C28H31BrClN3O4S/c1-4-20(2)31-28(35)21(3)32(18-22-13-15-23(29)16-14-22)27(34)19-33(25-10-8-9-24(30)17-25)38(36,37)26-11-6-5-7-12-26/h5-17,20-21H,4,18-19H2,1-3H3,(H,31,35)/t20-,21-/m0/s1. The molecule has 7 nitrogen and oxygen atoms in total. The van der Waals surface area contributed by atoms with Gasteiger partial charge in [-0.05, 0) is 68.3 Å². The molecule has 0 aliphatic heterocycles. The van der Waals surface area contributed by atoms with Gasteiger partial charge >= 0.3 is 0 Å². The number of hydrogen-bond donors (Lipinski definition) is 1. The maximum atomic E-state index is 13.9. The number of sulfonamides is 1. The average Bonchev–Trinajstić information content (AvgIpc) is 2.91. The molecule has 2 atom stereocenters. The molecule has 0 saturated carbocycles. The van der Waals surface area contributed by atoms with E-state index in [4.69, 9.17) is 11.6 Å². The molecule has 0 aromatic heterocycles. The molecule has 0 spiro atoms. The van der Waals surface area contributed by atoms with Crippen LogP contribution in [0.1, 0.15) is 32.8 Å². The summed E-state index contributed by atoms with van der Waals surface area (Å²) < 4.78 is 29.3. The Labute approximate surface area is 238 Å². The summed E-state index contributed by atoms with van der Waals surface area (Å²) in [5, 5.41) is 3.25. The number of carbonyl (C=O) groups excluding carboxylic acids is 2. The van der Waals surface area contributed by atoms with Crippen molar-refractivity contribution in [1.82, 2.24) is 10.2 Å². The first-order valence-electron chi connectivity index (χ1n) is 12.2. The van der Waals surface area contributed by atoms with Crippen LogP contribution in [0.25, 0.3) is 0 Å². The predicted octanol–water partition coefficient (Wildman–Crippen LogP) is 5.63. The van der Waals surface area contributed by atoms with Crippen LogP contribution in [0.4, 0.5) is 5.69 Å². The smallest absolute Gasteiger partial charge is 0.264 e. The molecule has 0 aliphatic carbocycles. The van der Waals surface area contributed by atoms with Gasteiger partial charge in [0.15, 0.2) is 0 Å². The zero-order valence-corrected chi connectivity index (χ0v) is 24.6. The highest BCUT2D eigenvalue weighted by Crippen LogP contribution is 2.27. The van der Waals surface area contributed by atoms with Crippen molar-refractivity contribution in [3.8, 4) is 0 Å². The van der Waals surface area contributed by atoms with E-state index in [9.17, 15) is 18.0 Å². The molecule has 10 heteroatoms. The lowest BCUT2D eigenvalue weighted by molar-refractivity contribution is -0.139. The number of carbonyl (C=O) groups is 2. The molecule has 3 aromatic carbocycles. The summed E-state index contributed by atoms with van der Waals surface area (Å²) >= 11 is 9.59. The summed E-state index contributed by atoms with van der Waals surface area (Å²) in [5.41, 5.74) is 1.04. The van der Waals surface area contributed by atoms with Gasteiger partial charge in [-0.2, -0.15) is 0 Å². The minimum Gasteiger partial charge on any atom is -0.352 e. The number of rotatable bonds is 11. The van der Waals surface area contributed by atoms with E-state index >= 15 is 0 Å². The first-order chi connectivity index (χ1) is 18.0. The largest absolute Gasteiger partial charge is 0.352 e. The van der Waals surface area contributed by atoms with Crippen molar-refractivity contribution in [1.29, 1.82) is 0 Å². The fourth-order valence-electron chi connectivity index (χ4n) is 3.71. The van der Waals surface area contributed by atoms with Crippen molar-refractivity contribution in [2.45, 2.75) is 50.7 Å². The SMILES string of the molecule is CC[C@H](C)NC(=O)[C@H](C)N(Cc1ccc(Br)cc1)C(=O)CN(c1cccc(Cl)c1)S(=O)(=O)c1ccccc1. The quantitative estimate of drug-likeness (QED) is 0.301. The van der Waals surface area contributed by atoms with Gasteiger partial charge in [0.2, 0.25) is 11.8 Å². The van der Waals surface area contributed by atoms with Gasteiger partial charge in [-0.25, -0.2) is 8.42 Å². The van der Waals surface area contributed by atoms with Gasteiger partial charge < -0.3 is 10.2 Å². The van der Waals surface area contributed by atoms with Gasteiger partial charge in [-0.3, -0.25) is 13.9 Å². The molecular formula is C28H31BrClN3O4S. The van der Waals surface area contributed by atoms with E-state index in [0.717, 1.165) is 20.8 Å². The van der Waals surface area contributed by atoms with Crippen molar-refractivity contribution in [3.05, 3.63) is 93.9 Å². The van der Waals surface area contributed by atoms with Crippen LogP contribution in [0.15, 0.2) is 88.2 Å². The molecule has 0 heterocycles. The average molecular weight is 621 g/mol. The number of nitrogens with zero attached hydrogens (tertiary/aromatic N) is 2. The van der Waals surface area contributed by atoms with Gasteiger partial charge in [0, 0.05) is 22.1 Å². The molecule has 2 amide bonds. The first-order valence-corrected chi connectivity index (χ1v) is 14.8. The Morgan fingerprint density at radius 2 is 1.63 bits per heavy atom. The van der Waals surface area contributed by atoms with E-state index in [-0.39, 0.29) is 29.1 Å². The first kappa shape index (κ1) is 29.7. The molecule has 38 heavy (non-hydrogen) atoms. The summed E-state index contributed by atoms with van der Waals surface area (Å²) in [6.45, 7) is 5.09. The van der Waals surface area contributed by atoms with Gasteiger partial charge in [0.1, 0.15) is 12.6 Å². The molecule has 202 valence electrons. The number of nitrogens with one attached hydrogen (secondary N) is 1. The van der Waals surface area contributed by atoms with Crippen molar-refractivity contribution < 1.29 is 18.0 Å². The Morgan fingerprint density at radius 1 is 0.974 bits per heavy atom. The lowest BCUT2D eigenvalue weighted by Gasteiger charge is -2.32. The normalized spacial score (nSPS) is 12.9. The van der Waals surface area contributed by atoms with Crippen LogP contribution in [-0.2, 0) is 26.2 Å². The van der Waals surface area contributed by atoms with Crippen LogP contribution in [-0.4, -0.2) is 43.8 Å². The van der Waals surface area contributed by atoms with Crippen molar-refractivity contribution in [2.24, 2.45) is 0 Å². The molecule has 3 rings (SSSR count). The summed E-state index contributed by atoms with van der Waals surface area (Å²) in [6, 6.07) is 20.7. The van der Waals surface area contributed by atoms with Crippen molar-refractivity contribution in [2.75, 3.05) is 10.8 Å². The Hall–Kier alpha value is -2.88. The van der Waals surface area contributed by atoms with E-state index in [1.165, 1.54) is 23.1 Å². The Morgan fingerprint density at radius 3 is 2.24 bits per heavy atom. The molecule has 0 saturated heterocycles. The van der Waals surface area contributed by atoms with Crippen molar-refractivity contribution in [3.63, 3.8) is 0 Å². The van der Waals surface area contributed by atoms with Crippen LogP contribution in [0, 0.1) is 0 Å². The van der Waals surface area contributed by atoms with E-state index in [1.807, 2.05) is 38.1 Å². The number of amides is 2. The number of anilines is 1. The highest BCUT2D eigenvalue weighted by Gasteiger charge is 2.32. The lowest BCUT2D eigenvalue weighted by Crippen LogP contribution is -2.52. The Kier molecular flexibility index (Phi) is 10.4. The number of benzene rings is 3. The van der Waals surface area contributed by atoms with Gasteiger partial charge in [0.05, 0.1) is 10.6 Å². The minimum absolute atomic E-state index is 0.0368. The predicted molar refractivity (Wildman–Crippen MR) is 154 cm³/mol. The third-order valence-electron chi connectivity index (χ3n) is 6.14. The maximum absolute atomic E-state index is 13.9. The number of halogens is 2. The van der Waals surface area contributed by atoms with Crippen LogP contribution in [0.5, 0.6) is 0 Å². The highest BCUT2D eigenvalue weighted by atomic mass is 79.9. The lowest BCUT2D eigenvalue weighted by atomic mass is 10.1. The monoisotopic (exact) mass is 619 g/mol. The van der Waals surface area contributed by atoms with Crippen LogP contribution >= 0.6 is 27.5 Å². The van der Waals surface area contributed by atoms with Gasteiger partial charge in [-0.1, -0.05) is 70.9 Å². The van der Waals surface area contributed by atoms with Crippen LogP contribution in [0.3, 0.4) is 0 Å². The van der Waals surface area contributed by atoms with E-state index in [0.29, 0.717) is 5.02 Å². The van der Waals surface area contributed by atoms with Gasteiger partial charge in [-0.15, -0.1) is 0 Å². The second-order valence-electron chi connectivity index (χ2n) is 8.95. The van der Waals surface area contributed by atoms with E-state index in [1.54, 1.807) is 43.3 Å². The molecule has 0 bridgehead atoms. The summed E-state index contributed by atoms with van der Waals surface area (Å²) in [5.74, 6) is -0.843. The molecule has 0 fully saturated rings. The van der Waals surface area contributed by atoms with E-state index in [2.05, 4.69) is 21.2 Å². The third kappa shape index (κ3) is 7.58. The number of hydrogen-bond acceptors (Lipinski definition) is 4. The molecule has 0 aliphatic rings. The Balaban J connectivity index is 2.01. The maximum Gasteiger partial charge on any atom is 0.264 e. The third-order valence-corrected chi connectivity index (χ3v) is 8.69. The zero-order valence-electron chi connectivity index (χ0n) is 21.5. The Bertz CT molecular complexity index is 1350. The highest BCUT2D eigenvalue weighted by molar-refractivity contribution is 9.10. The van der Waals surface area contributed by atoms with Crippen LogP contribution in [0.2, 0.25) is 5.02 Å². The van der Waals surface area contributed by atoms with Crippen LogP contribution < -0.4 is 9.62 Å². The molecule has 0 radical (unpaired) electrons. The fourth-order valence-corrected chi connectivity index (χ4v) is 5.59. The van der Waals surface area contributed by atoms with E-state index < -0.39 is 28.5 Å². The molecule has 0 unspecified atom stereocenters. The second kappa shape index (κ2) is 13.3. The molecule has 3 aromatic rings. The fraction of sp³-hybridized carbons (Fsp3) is 0.286. The second-order valence-corrected chi connectivity index (χ2v) is 12.2. The summed E-state index contributed by atoms with van der Waals surface area (Å²) in [6.07, 6.45) is 0.733. The summed E-state index contributed by atoms with van der Waals surface area (Å²) in [4.78, 5) is 28.4.